The van der Waals surface area contributed by atoms with Crippen LogP contribution in [0, 0.1) is 11.3 Å². The summed E-state index contributed by atoms with van der Waals surface area (Å²) in [5.74, 6) is -0.189. The maximum Gasteiger partial charge on any atom is 0.291 e. The molecule has 2 aliphatic rings. The number of imidazole rings is 1. The fourth-order valence-corrected chi connectivity index (χ4v) is 3.96. The van der Waals surface area contributed by atoms with Gasteiger partial charge in [0.05, 0.1) is 17.6 Å². The second-order valence-corrected chi connectivity index (χ2v) is 7.75. The molecule has 29 heavy (non-hydrogen) atoms. The van der Waals surface area contributed by atoms with Crippen molar-refractivity contribution in [2.24, 2.45) is 0 Å². The highest BCUT2D eigenvalue weighted by Gasteiger charge is 2.21. The van der Waals surface area contributed by atoms with E-state index in [4.69, 9.17) is 5.26 Å². The summed E-state index contributed by atoms with van der Waals surface area (Å²) >= 11 is 0. The van der Waals surface area contributed by atoms with Crippen LogP contribution in [-0.2, 0) is 0 Å². The van der Waals surface area contributed by atoms with Crippen molar-refractivity contribution in [3.05, 3.63) is 35.9 Å². The van der Waals surface area contributed by atoms with E-state index >= 15 is 0 Å². The summed E-state index contributed by atoms with van der Waals surface area (Å²) < 4.78 is 0. The normalized spacial score (nSPS) is 17.8. The van der Waals surface area contributed by atoms with Gasteiger partial charge in [-0.3, -0.25) is 4.79 Å². The Labute approximate surface area is 171 Å². The summed E-state index contributed by atoms with van der Waals surface area (Å²) in [6.45, 7) is 6.10. The standard InChI is InChI=1S/C21H27N7O/c1-26-9-11-27(12-10-26)17-5-6-18(19(13-17)28-7-3-2-4-8-28)25-21(29)20-23-15-16(14-22)24-20/h5-6,13,15H,2-4,7-12H2,1H3,(H,23,24)(H,25,29). The quantitative estimate of drug-likeness (QED) is 0.828. The van der Waals surface area contributed by atoms with Gasteiger partial charge in [0, 0.05) is 45.0 Å². The van der Waals surface area contributed by atoms with Crippen LogP contribution in [0.3, 0.4) is 0 Å². The Balaban J connectivity index is 1.59. The lowest BCUT2D eigenvalue weighted by Crippen LogP contribution is -2.44. The Morgan fingerprint density at radius 1 is 1.10 bits per heavy atom. The molecule has 0 bridgehead atoms. The summed E-state index contributed by atoms with van der Waals surface area (Å²) in [6, 6.07) is 8.23. The first-order valence-corrected chi connectivity index (χ1v) is 10.2. The number of aromatic nitrogens is 2. The molecule has 0 saturated carbocycles. The monoisotopic (exact) mass is 393 g/mol. The average molecular weight is 393 g/mol. The van der Waals surface area contributed by atoms with E-state index < -0.39 is 0 Å². The zero-order valence-corrected chi connectivity index (χ0v) is 16.8. The van der Waals surface area contributed by atoms with Crippen LogP contribution < -0.4 is 15.1 Å². The summed E-state index contributed by atoms with van der Waals surface area (Å²) in [7, 11) is 2.15. The third kappa shape index (κ3) is 4.35. The number of rotatable bonds is 4. The number of hydrogen-bond donors (Lipinski definition) is 2. The Kier molecular flexibility index (Phi) is 5.67. The lowest BCUT2D eigenvalue weighted by molar-refractivity contribution is 0.101. The van der Waals surface area contributed by atoms with Crippen molar-refractivity contribution >= 4 is 23.0 Å². The van der Waals surface area contributed by atoms with Crippen LogP contribution in [0.2, 0.25) is 0 Å². The second-order valence-electron chi connectivity index (χ2n) is 7.75. The molecule has 0 unspecified atom stereocenters. The summed E-state index contributed by atoms with van der Waals surface area (Å²) in [5, 5.41) is 11.9. The van der Waals surface area contributed by atoms with Crippen LogP contribution in [0.25, 0.3) is 0 Å². The number of hydrogen-bond acceptors (Lipinski definition) is 6. The minimum Gasteiger partial charge on any atom is -0.370 e. The van der Waals surface area contributed by atoms with E-state index in [0.29, 0.717) is 0 Å². The van der Waals surface area contributed by atoms with Gasteiger partial charge in [0.1, 0.15) is 11.8 Å². The van der Waals surface area contributed by atoms with Gasteiger partial charge in [-0.25, -0.2) is 4.98 Å². The van der Waals surface area contributed by atoms with Crippen molar-refractivity contribution in [3.8, 4) is 6.07 Å². The predicted molar refractivity (Wildman–Crippen MR) is 113 cm³/mol. The average Bonchev–Trinajstić information content (AvgIpc) is 3.25. The molecule has 4 rings (SSSR count). The number of nitrogens with zero attached hydrogens (tertiary/aromatic N) is 5. The van der Waals surface area contributed by atoms with E-state index in [1.54, 1.807) is 0 Å². The molecule has 2 N–H and O–H groups in total. The zero-order chi connectivity index (χ0) is 20.2. The number of aromatic amines is 1. The van der Waals surface area contributed by atoms with Gasteiger partial charge in [0.15, 0.2) is 5.82 Å². The SMILES string of the molecule is CN1CCN(c2ccc(NC(=O)c3ncc(C#N)[nH]3)c(N3CCCCC3)c2)CC1. The molecule has 0 aliphatic carbocycles. The molecule has 0 atom stereocenters. The van der Waals surface area contributed by atoms with Crippen LogP contribution in [0.1, 0.15) is 35.6 Å². The maximum atomic E-state index is 12.7. The van der Waals surface area contributed by atoms with Crippen LogP contribution in [0.5, 0.6) is 0 Å². The first kappa shape index (κ1) is 19.3. The fourth-order valence-electron chi connectivity index (χ4n) is 3.96. The number of likely N-dealkylation sites (N-methyl/N-ethyl adjacent to an activating group) is 1. The maximum absolute atomic E-state index is 12.7. The number of amides is 1. The van der Waals surface area contributed by atoms with Gasteiger partial charge in [-0.05, 0) is 44.5 Å². The molecule has 2 aromatic rings. The number of H-pyrrole nitrogens is 1. The molecule has 3 heterocycles. The number of piperidine rings is 1. The molecular formula is C21H27N7O. The Morgan fingerprint density at radius 3 is 2.55 bits per heavy atom. The number of benzene rings is 1. The highest BCUT2D eigenvalue weighted by atomic mass is 16.2. The molecule has 2 saturated heterocycles. The number of nitrogens with one attached hydrogen (secondary N) is 2. The highest BCUT2D eigenvalue weighted by Crippen LogP contribution is 2.33. The van der Waals surface area contributed by atoms with Gasteiger partial charge in [-0.15, -0.1) is 0 Å². The number of carbonyl (C=O) groups is 1. The van der Waals surface area contributed by atoms with Crippen molar-refractivity contribution in [1.82, 2.24) is 14.9 Å². The Hall–Kier alpha value is -3.05. The van der Waals surface area contributed by atoms with E-state index in [0.717, 1.165) is 63.5 Å². The van der Waals surface area contributed by atoms with Gasteiger partial charge >= 0.3 is 0 Å². The van der Waals surface area contributed by atoms with Crippen molar-refractivity contribution in [3.63, 3.8) is 0 Å². The first-order valence-electron chi connectivity index (χ1n) is 10.2. The molecular weight excluding hydrogens is 366 g/mol. The largest absolute Gasteiger partial charge is 0.370 e. The van der Waals surface area contributed by atoms with Crippen molar-refractivity contribution in [1.29, 1.82) is 5.26 Å². The van der Waals surface area contributed by atoms with Crippen molar-refractivity contribution < 1.29 is 4.79 Å². The molecule has 8 heteroatoms. The van der Waals surface area contributed by atoms with Crippen molar-refractivity contribution in [2.45, 2.75) is 19.3 Å². The van der Waals surface area contributed by atoms with Gasteiger partial charge in [0.2, 0.25) is 0 Å². The van der Waals surface area contributed by atoms with Crippen LogP contribution >= 0.6 is 0 Å². The summed E-state index contributed by atoms with van der Waals surface area (Å²) in [5.41, 5.74) is 3.31. The molecule has 152 valence electrons. The lowest BCUT2D eigenvalue weighted by Gasteiger charge is -2.36. The Morgan fingerprint density at radius 2 is 1.86 bits per heavy atom. The van der Waals surface area contributed by atoms with Crippen LogP contribution in [-0.4, -0.2) is 67.1 Å². The van der Waals surface area contributed by atoms with E-state index in [1.165, 1.54) is 18.3 Å². The van der Waals surface area contributed by atoms with Crippen LogP contribution in [0.15, 0.2) is 24.4 Å². The molecule has 0 radical (unpaired) electrons. The molecule has 1 aromatic carbocycles. The second kappa shape index (κ2) is 8.53. The first-order chi connectivity index (χ1) is 14.1. The zero-order valence-electron chi connectivity index (χ0n) is 16.8. The van der Waals surface area contributed by atoms with E-state index in [1.807, 2.05) is 12.1 Å². The van der Waals surface area contributed by atoms with Crippen LogP contribution in [0.4, 0.5) is 17.1 Å². The van der Waals surface area contributed by atoms with Crippen molar-refractivity contribution in [2.75, 3.05) is 61.4 Å². The minimum absolute atomic E-state index is 0.147. The summed E-state index contributed by atoms with van der Waals surface area (Å²) in [6.07, 6.45) is 4.95. The third-order valence-electron chi connectivity index (χ3n) is 5.71. The fraction of sp³-hybridized carbons (Fsp3) is 0.476. The topological polar surface area (TPSA) is 91.3 Å². The van der Waals surface area contributed by atoms with Gasteiger partial charge in [-0.2, -0.15) is 5.26 Å². The minimum atomic E-state index is -0.336. The highest BCUT2D eigenvalue weighted by molar-refractivity contribution is 6.04. The molecule has 0 spiro atoms. The molecule has 1 amide bonds. The smallest absolute Gasteiger partial charge is 0.291 e. The number of piperazine rings is 1. The van der Waals surface area contributed by atoms with Gasteiger partial charge in [0.25, 0.3) is 5.91 Å². The van der Waals surface area contributed by atoms with E-state index in [-0.39, 0.29) is 17.4 Å². The number of nitriles is 1. The van der Waals surface area contributed by atoms with Gasteiger partial charge in [-0.1, -0.05) is 0 Å². The molecule has 1 aromatic heterocycles. The Bertz CT molecular complexity index is 902. The van der Waals surface area contributed by atoms with Gasteiger partial charge < -0.3 is 25.0 Å². The predicted octanol–water partition coefficient (Wildman–Crippen LogP) is 2.28. The molecule has 2 aliphatic heterocycles. The molecule has 2 fully saturated rings. The van der Waals surface area contributed by atoms with E-state index in [9.17, 15) is 4.79 Å². The van der Waals surface area contributed by atoms with E-state index in [2.05, 4.69) is 49.2 Å². The third-order valence-corrected chi connectivity index (χ3v) is 5.71. The number of carbonyl (C=O) groups excluding carboxylic acids is 1. The molecule has 8 nitrogen and oxygen atoms in total. The number of anilines is 3. The summed E-state index contributed by atoms with van der Waals surface area (Å²) in [4.78, 5) is 26.5. The lowest BCUT2D eigenvalue weighted by atomic mass is 10.1.